The Bertz CT molecular complexity index is 590. The molecule has 1 aliphatic heterocycles. The summed E-state index contributed by atoms with van der Waals surface area (Å²) in [5.41, 5.74) is 1.57. The number of carboxylic acids is 1. The van der Waals surface area contributed by atoms with Crippen molar-refractivity contribution in [2.24, 2.45) is 5.92 Å². The summed E-state index contributed by atoms with van der Waals surface area (Å²) in [7, 11) is 0. The Hall–Kier alpha value is -1.56. The number of carbonyl (C=O) groups is 1. The number of aromatic nitrogens is 3. The molecule has 6 heteroatoms. The summed E-state index contributed by atoms with van der Waals surface area (Å²) in [5.74, 6) is 1.95. The number of rotatable bonds is 3. The van der Waals surface area contributed by atoms with E-state index in [4.69, 9.17) is 0 Å². The van der Waals surface area contributed by atoms with Crippen molar-refractivity contribution in [1.82, 2.24) is 15.0 Å². The van der Waals surface area contributed by atoms with E-state index < -0.39 is 5.97 Å². The van der Waals surface area contributed by atoms with Gasteiger partial charge in [0.25, 0.3) is 0 Å². The number of hydrogen-bond donors (Lipinski definition) is 1. The first kappa shape index (κ1) is 11.5. The van der Waals surface area contributed by atoms with E-state index in [9.17, 15) is 9.90 Å². The van der Waals surface area contributed by atoms with E-state index in [2.05, 4.69) is 10.3 Å². The SMILES string of the molecule is O=C(O)c1cccc2nnn(CC3CCSC3)c12. The monoisotopic (exact) mass is 263 g/mol. The molecule has 0 saturated carbocycles. The topological polar surface area (TPSA) is 68.0 Å². The van der Waals surface area contributed by atoms with Crippen molar-refractivity contribution in [3.63, 3.8) is 0 Å². The quantitative estimate of drug-likeness (QED) is 0.915. The first-order valence-corrected chi connectivity index (χ1v) is 7.04. The molecule has 0 aliphatic carbocycles. The number of thioether (sulfide) groups is 1. The molecule has 1 unspecified atom stereocenters. The molecule has 0 spiro atoms. The largest absolute Gasteiger partial charge is 0.478 e. The van der Waals surface area contributed by atoms with Gasteiger partial charge in [-0.25, -0.2) is 9.48 Å². The van der Waals surface area contributed by atoms with Crippen LogP contribution in [0.5, 0.6) is 0 Å². The summed E-state index contributed by atoms with van der Waals surface area (Å²) >= 11 is 1.94. The van der Waals surface area contributed by atoms with Crippen LogP contribution in [0.4, 0.5) is 0 Å². The van der Waals surface area contributed by atoms with Crippen LogP contribution in [0.3, 0.4) is 0 Å². The molecule has 0 amide bonds. The van der Waals surface area contributed by atoms with E-state index in [1.54, 1.807) is 22.9 Å². The highest BCUT2D eigenvalue weighted by atomic mass is 32.2. The van der Waals surface area contributed by atoms with E-state index in [-0.39, 0.29) is 5.56 Å². The van der Waals surface area contributed by atoms with Gasteiger partial charge in [-0.15, -0.1) is 5.10 Å². The molecule has 1 atom stereocenters. The molecule has 0 radical (unpaired) electrons. The van der Waals surface area contributed by atoms with Crippen LogP contribution in [0, 0.1) is 5.92 Å². The predicted molar refractivity (Wildman–Crippen MR) is 69.9 cm³/mol. The van der Waals surface area contributed by atoms with E-state index in [0.29, 0.717) is 17.0 Å². The Kier molecular flexibility index (Phi) is 2.95. The Morgan fingerprint density at radius 2 is 2.44 bits per heavy atom. The lowest BCUT2D eigenvalue weighted by molar-refractivity contribution is 0.0698. The lowest BCUT2D eigenvalue weighted by atomic mass is 10.1. The Balaban J connectivity index is 2.03. The lowest BCUT2D eigenvalue weighted by Gasteiger charge is -2.09. The highest BCUT2D eigenvalue weighted by Crippen LogP contribution is 2.26. The number of benzene rings is 1. The average molecular weight is 263 g/mol. The number of carboxylic acid groups (broad SMARTS) is 1. The van der Waals surface area contributed by atoms with Gasteiger partial charge in [-0.3, -0.25) is 0 Å². The van der Waals surface area contributed by atoms with E-state index in [1.165, 1.54) is 12.2 Å². The first-order chi connectivity index (χ1) is 8.75. The van der Waals surface area contributed by atoms with Crippen molar-refractivity contribution in [1.29, 1.82) is 0 Å². The van der Waals surface area contributed by atoms with Gasteiger partial charge in [-0.1, -0.05) is 11.3 Å². The third kappa shape index (κ3) is 1.96. The molecule has 0 bridgehead atoms. The standard InChI is InChI=1S/C12H13N3O2S/c16-12(17)9-2-1-3-10-11(9)15(14-13-10)6-8-4-5-18-7-8/h1-3,8H,4-7H2,(H,16,17). The maximum absolute atomic E-state index is 11.2. The van der Waals surface area contributed by atoms with Crippen LogP contribution in [0.1, 0.15) is 16.8 Å². The lowest BCUT2D eigenvalue weighted by Crippen LogP contribution is -2.13. The minimum Gasteiger partial charge on any atom is -0.478 e. The number of hydrogen-bond acceptors (Lipinski definition) is 4. The predicted octanol–water partition coefficient (Wildman–Crippen LogP) is 1.88. The molecule has 1 fully saturated rings. The molecule has 2 heterocycles. The summed E-state index contributed by atoms with van der Waals surface area (Å²) in [4.78, 5) is 11.2. The number of para-hydroxylation sites is 1. The molecule has 2 aromatic rings. The van der Waals surface area contributed by atoms with Gasteiger partial charge in [0.2, 0.25) is 0 Å². The van der Waals surface area contributed by atoms with Gasteiger partial charge in [-0.05, 0) is 36.0 Å². The zero-order chi connectivity index (χ0) is 12.5. The number of nitrogens with zero attached hydrogens (tertiary/aromatic N) is 3. The van der Waals surface area contributed by atoms with Crippen molar-refractivity contribution in [3.05, 3.63) is 23.8 Å². The molecule has 1 N–H and O–H groups in total. The zero-order valence-corrected chi connectivity index (χ0v) is 10.6. The third-order valence-electron chi connectivity index (χ3n) is 3.22. The number of fused-ring (bicyclic) bond motifs is 1. The third-order valence-corrected chi connectivity index (χ3v) is 4.45. The van der Waals surface area contributed by atoms with Gasteiger partial charge >= 0.3 is 5.97 Å². The Morgan fingerprint density at radius 1 is 1.56 bits per heavy atom. The highest BCUT2D eigenvalue weighted by Gasteiger charge is 2.20. The fourth-order valence-electron chi connectivity index (χ4n) is 2.30. The molecule has 1 aliphatic rings. The van der Waals surface area contributed by atoms with Gasteiger partial charge in [0.15, 0.2) is 0 Å². The molecular formula is C12H13N3O2S. The molecule has 5 nitrogen and oxygen atoms in total. The summed E-state index contributed by atoms with van der Waals surface area (Å²) in [5, 5.41) is 17.4. The molecule has 1 saturated heterocycles. The Labute approximate surface area is 108 Å². The van der Waals surface area contributed by atoms with Crippen LogP contribution >= 0.6 is 11.8 Å². The van der Waals surface area contributed by atoms with Crippen molar-refractivity contribution >= 4 is 28.8 Å². The van der Waals surface area contributed by atoms with E-state index in [1.807, 2.05) is 11.8 Å². The van der Waals surface area contributed by atoms with Gasteiger partial charge < -0.3 is 5.11 Å². The summed E-state index contributed by atoms with van der Waals surface area (Å²) in [6.45, 7) is 0.758. The molecule has 1 aromatic carbocycles. The summed E-state index contributed by atoms with van der Waals surface area (Å²) in [6.07, 6.45) is 1.17. The van der Waals surface area contributed by atoms with E-state index in [0.717, 1.165) is 12.3 Å². The first-order valence-electron chi connectivity index (χ1n) is 5.89. The molecule has 18 heavy (non-hydrogen) atoms. The van der Waals surface area contributed by atoms with Crippen molar-refractivity contribution in [3.8, 4) is 0 Å². The maximum Gasteiger partial charge on any atom is 0.337 e. The molecular weight excluding hydrogens is 250 g/mol. The average Bonchev–Trinajstić information content (AvgIpc) is 2.99. The fourth-order valence-corrected chi connectivity index (χ4v) is 3.57. The van der Waals surface area contributed by atoms with Crippen LogP contribution in [0.25, 0.3) is 11.0 Å². The zero-order valence-electron chi connectivity index (χ0n) is 9.74. The van der Waals surface area contributed by atoms with Gasteiger partial charge in [-0.2, -0.15) is 11.8 Å². The van der Waals surface area contributed by atoms with Crippen LogP contribution in [-0.2, 0) is 6.54 Å². The second kappa shape index (κ2) is 4.61. The van der Waals surface area contributed by atoms with Gasteiger partial charge in [0.05, 0.1) is 5.56 Å². The second-order valence-corrected chi connectivity index (χ2v) is 5.63. The van der Waals surface area contributed by atoms with Crippen molar-refractivity contribution < 1.29 is 9.90 Å². The van der Waals surface area contributed by atoms with E-state index >= 15 is 0 Å². The second-order valence-electron chi connectivity index (χ2n) is 4.48. The smallest absolute Gasteiger partial charge is 0.337 e. The van der Waals surface area contributed by atoms with Gasteiger partial charge in [0, 0.05) is 6.54 Å². The normalized spacial score (nSPS) is 19.4. The molecule has 3 rings (SSSR count). The van der Waals surface area contributed by atoms with Crippen molar-refractivity contribution in [2.45, 2.75) is 13.0 Å². The van der Waals surface area contributed by atoms with Crippen LogP contribution in [0.2, 0.25) is 0 Å². The fraction of sp³-hybridized carbons (Fsp3) is 0.417. The minimum absolute atomic E-state index is 0.281. The van der Waals surface area contributed by atoms with Crippen LogP contribution in [-0.4, -0.2) is 37.6 Å². The highest BCUT2D eigenvalue weighted by molar-refractivity contribution is 7.99. The van der Waals surface area contributed by atoms with Crippen LogP contribution in [0.15, 0.2) is 18.2 Å². The molecule has 1 aromatic heterocycles. The van der Waals surface area contributed by atoms with Crippen LogP contribution < -0.4 is 0 Å². The molecule has 94 valence electrons. The maximum atomic E-state index is 11.2. The minimum atomic E-state index is -0.926. The van der Waals surface area contributed by atoms with Gasteiger partial charge in [0.1, 0.15) is 11.0 Å². The summed E-state index contributed by atoms with van der Waals surface area (Å²) in [6, 6.07) is 5.11. The summed E-state index contributed by atoms with van der Waals surface area (Å²) < 4.78 is 1.75. The number of aromatic carboxylic acids is 1. The Morgan fingerprint density at radius 3 is 3.17 bits per heavy atom. The van der Waals surface area contributed by atoms with Crippen molar-refractivity contribution in [2.75, 3.05) is 11.5 Å².